The maximum absolute atomic E-state index is 12.8. The number of hydrogen-bond acceptors (Lipinski definition) is 7. The van der Waals surface area contributed by atoms with E-state index in [9.17, 15) is 9.59 Å². The fraction of sp³-hybridized carbons (Fsp3) is 0.278. The number of nitrogens with one attached hydrogen (secondary N) is 1. The quantitative estimate of drug-likeness (QED) is 0.631. The number of thiophene rings is 1. The maximum atomic E-state index is 12.8. The van der Waals surface area contributed by atoms with Gasteiger partial charge in [-0.3, -0.25) is 14.4 Å². The molecule has 1 fully saturated rings. The van der Waals surface area contributed by atoms with E-state index in [2.05, 4.69) is 20.4 Å². The first-order valence-corrected chi connectivity index (χ1v) is 9.82. The molecular formula is C18H19N7O3S. The number of carbonyl (C=O) groups is 2. The molecule has 29 heavy (non-hydrogen) atoms. The number of nitrogens with zero attached hydrogens (tertiary/aromatic N) is 6. The van der Waals surface area contributed by atoms with Crippen LogP contribution in [-0.4, -0.2) is 67.9 Å². The monoisotopic (exact) mass is 413 g/mol. The molecule has 0 saturated carbocycles. The molecule has 3 aromatic heterocycles. The smallest absolute Gasteiger partial charge is 0.325 e. The Morgan fingerprint density at radius 2 is 2.24 bits per heavy atom. The third kappa shape index (κ3) is 3.82. The van der Waals surface area contributed by atoms with Crippen LogP contribution in [0.3, 0.4) is 0 Å². The molecule has 1 saturated heterocycles. The zero-order valence-corrected chi connectivity index (χ0v) is 16.5. The van der Waals surface area contributed by atoms with Crippen LogP contribution in [0, 0.1) is 0 Å². The number of aryl methyl sites for hydroxylation is 1. The van der Waals surface area contributed by atoms with E-state index in [1.165, 1.54) is 22.6 Å². The molecular weight excluding hydrogens is 394 g/mol. The van der Waals surface area contributed by atoms with Gasteiger partial charge in [-0.15, -0.1) is 11.3 Å². The largest absolute Gasteiger partial charge is 0.395 e. The summed E-state index contributed by atoms with van der Waals surface area (Å²) in [5.41, 5.74) is 1.69. The van der Waals surface area contributed by atoms with Gasteiger partial charge in [0.05, 0.1) is 28.9 Å². The Kier molecular flexibility index (Phi) is 5.23. The predicted molar refractivity (Wildman–Crippen MR) is 108 cm³/mol. The molecule has 2 N–H and O–H groups in total. The predicted octanol–water partition coefficient (Wildman–Crippen LogP) is 1.43. The topological polar surface area (TPSA) is 116 Å². The molecule has 0 bridgehead atoms. The van der Waals surface area contributed by atoms with E-state index < -0.39 is 0 Å². The number of anilines is 2. The molecule has 11 heteroatoms. The highest BCUT2D eigenvalue weighted by molar-refractivity contribution is 7.13. The van der Waals surface area contributed by atoms with E-state index in [-0.39, 0.29) is 25.1 Å². The normalized spacial score (nSPS) is 13.9. The summed E-state index contributed by atoms with van der Waals surface area (Å²) >= 11 is 1.42. The second kappa shape index (κ2) is 7.97. The van der Waals surface area contributed by atoms with Gasteiger partial charge >= 0.3 is 6.03 Å². The lowest BCUT2D eigenvalue weighted by molar-refractivity contribution is 0.102. The van der Waals surface area contributed by atoms with Crippen LogP contribution in [0.4, 0.5) is 16.3 Å². The van der Waals surface area contributed by atoms with Crippen molar-refractivity contribution in [3.05, 3.63) is 41.8 Å². The lowest BCUT2D eigenvalue weighted by Crippen LogP contribution is -2.34. The number of rotatable bonds is 6. The average Bonchev–Trinajstić information content (AvgIpc) is 3.43. The SMILES string of the molecule is Cn1cc(NC(=O)c2csc(-c3ccncn3)c2)c(N2CCN(CCO)C2=O)n1. The number of amides is 3. The summed E-state index contributed by atoms with van der Waals surface area (Å²) in [6, 6.07) is 3.31. The minimum absolute atomic E-state index is 0.0990. The van der Waals surface area contributed by atoms with Crippen molar-refractivity contribution in [2.75, 3.05) is 36.5 Å². The van der Waals surface area contributed by atoms with Gasteiger partial charge in [-0.05, 0) is 12.1 Å². The van der Waals surface area contributed by atoms with Crippen LogP contribution in [0.15, 0.2) is 36.2 Å². The van der Waals surface area contributed by atoms with Crippen LogP contribution in [0.1, 0.15) is 10.4 Å². The Hall–Kier alpha value is -3.31. The average molecular weight is 413 g/mol. The Morgan fingerprint density at radius 1 is 1.38 bits per heavy atom. The molecule has 4 rings (SSSR count). The second-order valence-corrected chi connectivity index (χ2v) is 7.34. The highest BCUT2D eigenvalue weighted by Crippen LogP contribution is 2.29. The molecule has 150 valence electrons. The van der Waals surface area contributed by atoms with Gasteiger partial charge in [0.15, 0.2) is 5.82 Å². The molecule has 0 atom stereocenters. The van der Waals surface area contributed by atoms with E-state index in [0.29, 0.717) is 30.2 Å². The summed E-state index contributed by atoms with van der Waals surface area (Å²) in [7, 11) is 1.73. The Morgan fingerprint density at radius 3 is 3.00 bits per heavy atom. The molecule has 10 nitrogen and oxygen atoms in total. The number of urea groups is 1. The third-order valence-electron chi connectivity index (χ3n) is 4.47. The Bertz CT molecular complexity index is 1030. The van der Waals surface area contributed by atoms with Crippen molar-refractivity contribution in [3.8, 4) is 10.6 Å². The van der Waals surface area contributed by atoms with E-state index in [1.807, 2.05) is 0 Å². The van der Waals surface area contributed by atoms with Crippen molar-refractivity contribution in [3.63, 3.8) is 0 Å². The van der Waals surface area contributed by atoms with Gasteiger partial charge in [0.25, 0.3) is 5.91 Å². The molecule has 0 spiro atoms. The lowest BCUT2D eigenvalue weighted by atomic mass is 10.2. The van der Waals surface area contributed by atoms with Crippen molar-refractivity contribution in [2.45, 2.75) is 0 Å². The van der Waals surface area contributed by atoms with Gasteiger partial charge in [-0.1, -0.05) is 0 Å². The van der Waals surface area contributed by atoms with Gasteiger partial charge in [0, 0.05) is 38.3 Å². The van der Waals surface area contributed by atoms with Crippen LogP contribution >= 0.6 is 11.3 Å². The third-order valence-corrected chi connectivity index (χ3v) is 5.43. The van der Waals surface area contributed by atoms with Crippen LogP contribution in [-0.2, 0) is 7.05 Å². The second-order valence-electron chi connectivity index (χ2n) is 6.43. The fourth-order valence-corrected chi connectivity index (χ4v) is 3.96. The summed E-state index contributed by atoms with van der Waals surface area (Å²) < 4.78 is 1.55. The molecule has 3 aromatic rings. The van der Waals surface area contributed by atoms with Crippen LogP contribution in [0.2, 0.25) is 0 Å². The van der Waals surface area contributed by atoms with Gasteiger partial charge < -0.3 is 15.3 Å². The Labute approximate surface area is 170 Å². The summed E-state index contributed by atoms with van der Waals surface area (Å²) in [5, 5.41) is 18.0. The molecule has 0 radical (unpaired) electrons. The molecule has 3 amide bonds. The first kappa shape index (κ1) is 19.0. The van der Waals surface area contributed by atoms with Gasteiger partial charge in [-0.25, -0.2) is 14.8 Å². The molecule has 0 aromatic carbocycles. The summed E-state index contributed by atoms with van der Waals surface area (Å²) in [6.45, 7) is 1.11. The first-order valence-electron chi connectivity index (χ1n) is 8.94. The highest BCUT2D eigenvalue weighted by atomic mass is 32.1. The Balaban J connectivity index is 1.53. The van der Waals surface area contributed by atoms with E-state index in [1.54, 1.807) is 46.5 Å². The fourth-order valence-electron chi connectivity index (χ4n) is 3.09. The van der Waals surface area contributed by atoms with Gasteiger partial charge in [-0.2, -0.15) is 5.10 Å². The van der Waals surface area contributed by atoms with Crippen molar-refractivity contribution < 1.29 is 14.7 Å². The first-order chi connectivity index (χ1) is 14.1. The minimum atomic E-state index is -0.297. The number of hydrogen-bond donors (Lipinski definition) is 2. The maximum Gasteiger partial charge on any atom is 0.325 e. The molecule has 1 aliphatic rings. The van der Waals surface area contributed by atoms with Gasteiger partial charge in [0.1, 0.15) is 12.0 Å². The number of aliphatic hydroxyl groups is 1. The summed E-state index contributed by atoms with van der Waals surface area (Å²) in [4.78, 5) is 37.3. The number of carbonyl (C=O) groups excluding carboxylic acids is 2. The molecule has 0 unspecified atom stereocenters. The number of β-amino-alcohol motifs (C(OH)–C–C–N with tert-alkyl or cyclic N) is 1. The van der Waals surface area contributed by atoms with Crippen LogP contribution < -0.4 is 10.2 Å². The number of aromatic nitrogens is 4. The van der Waals surface area contributed by atoms with E-state index in [4.69, 9.17) is 5.11 Å². The van der Waals surface area contributed by atoms with Crippen molar-refractivity contribution in [1.29, 1.82) is 0 Å². The number of aliphatic hydroxyl groups excluding tert-OH is 1. The molecule has 1 aliphatic heterocycles. The minimum Gasteiger partial charge on any atom is -0.395 e. The zero-order chi connectivity index (χ0) is 20.4. The lowest BCUT2D eigenvalue weighted by Gasteiger charge is -2.17. The van der Waals surface area contributed by atoms with Crippen molar-refractivity contribution >= 4 is 34.8 Å². The van der Waals surface area contributed by atoms with E-state index in [0.717, 1.165) is 10.6 Å². The van der Waals surface area contributed by atoms with Gasteiger partial charge in [0.2, 0.25) is 0 Å². The highest BCUT2D eigenvalue weighted by Gasteiger charge is 2.32. The van der Waals surface area contributed by atoms with Crippen LogP contribution in [0.25, 0.3) is 10.6 Å². The van der Waals surface area contributed by atoms with Crippen molar-refractivity contribution in [2.24, 2.45) is 7.05 Å². The van der Waals surface area contributed by atoms with Crippen molar-refractivity contribution in [1.82, 2.24) is 24.6 Å². The van der Waals surface area contributed by atoms with E-state index >= 15 is 0 Å². The zero-order valence-electron chi connectivity index (χ0n) is 15.6. The summed E-state index contributed by atoms with van der Waals surface area (Å²) in [6.07, 6.45) is 4.77. The molecule has 4 heterocycles. The molecule has 0 aliphatic carbocycles. The van der Waals surface area contributed by atoms with Crippen LogP contribution in [0.5, 0.6) is 0 Å². The summed E-state index contributed by atoms with van der Waals surface area (Å²) in [5.74, 6) is 0.0900. The standard InChI is InChI=1S/C18H19N7O3S/c1-23-9-14(16(22-23)25-5-4-24(6-7-26)18(25)28)21-17(27)12-8-15(29-10-12)13-2-3-19-11-20-13/h2-3,8-11,26H,4-7H2,1H3,(H,21,27).